The summed E-state index contributed by atoms with van der Waals surface area (Å²) in [4.78, 5) is 39.4. The number of carbonyl (C=O) groups is 3. The number of amides is 3. The molecular weight excluding hydrogens is 312 g/mol. The van der Waals surface area contributed by atoms with E-state index in [0.29, 0.717) is 5.56 Å². The minimum Gasteiger partial charge on any atom is -0.308 e. The third-order valence-electron chi connectivity index (χ3n) is 4.45. The summed E-state index contributed by atoms with van der Waals surface area (Å²) in [6.45, 7) is 1.40. The van der Waals surface area contributed by atoms with Crippen molar-refractivity contribution < 1.29 is 14.4 Å². The van der Waals surface area contributed by atoms with E-state index < -0.39 is 10.9 Å². The van der Waals surface area contributed by atoms with Gasteiger partial charge in [0.25, 0.3) is 5.91 Å². The highest BCUT2D eigenvalue weighted by Crippen LogP contribution is 2.54. The highest BCUT2D eigenvalue weighted by Gasteiger charge is 2.60. The van der Waals surface area contributed by atoms with Gasteiger partial charge in [0.2, 0.25) is 11.8 Å². The van der Waals surface area contributed by atoms with Gasteiger partial charge in [0.05, 0.1) is 11.8 Å². The predicted octanol–water partition coefficient (Wildman–Crippen LogP) is 1.87. The molecule has 3 heterocycles. The summed E-state index contributed by atoms with van der Waals surface area (Å²) < 4.78 is 0. The molecule has 4 rings (SSSR count). The number of benzene rings is 1. The van der Waals surface area contributed by atoms with E-state index in [-0.39, 0.29) is 23.5 Å². The molecule has 23 heavy (non-hydrogen) atoms. The van der Waals surface area contributed by atoms with Crippen molar-refractivity contribution in [3.63, 3.8) is 0 Å². The van der Waals surface area contributed by atoms with Crippen LogP contribution in [0, 0.1) is 0 Å². The summed E-state index contributed by atoms with van der Waals surface area (Å²) in [5.41, 5.74) is 1.33. The van der Waals surface area contributed by atoms with Crippen molar-refractivity contribution in [1.29, 1.82) is 0 Å². The Morgan fingerprint density at radius 1 is 1.26 bits per heavy atom. The fourth-order valence-electron chi connectivity index (χ4n) is 3.57. The van der Waals surface area contributed by atoms with Gasteiger partial charge in [-0.05, 0) is 12.1 Å². The van der Waals surface area contributed by atoms with Crippen molar-refractivity contribution in [2.24, 2.45) is 0 Å². The van der Waals surface area contributed by atoms with Crippen LogP contribution in [0.2, 0.25) is 0 Å². The maximum Gasteiger partial charge on any atom is 0.262 e. The second-order valence-corrected chi connectivity index (χ2v) is 6.86. The lowest BCUT2D eigenvalue weighted by atomic mass is 9.94. The van der Waals surface area contributed by atoms with Crippen LogP contribution >= 0.6 is 11.8 Å². The lowest BCUT2D eigenvalue weighted by Crippen LogP contribution is -2.61. The van der Waals surface area contributed by atoms with Crippen LogP contribution in [0.25, 0.3) is 0 Å². The lowest BCUT2D eigenvalue weighted by Gasteiger charge is -2.49. The summed E-state index contributed by atoms with van der Waals surface area (Å²) in [5, 5.41) is 0. The quantitative estimate of drug-likeness (QED) is 0.730. The zero-order valence-electron chi connectivity index (χ0n) is 12.4. The molecule has 3 aliphatic heterocycles. The first-order chi connectivity index (χ1) is 11.1. The SMILES string of the molecule is CC(=O)N1C(=O)c2ccccc2C12SCC(=O)N1C=CC=CC12. The van der Waals surface area contributed by atoms with Crippen molar-refractivity contribution in [1.82, 2.24) is 9.80 Å². The molecule has 0 aliphatic carbocycles. The summed E-state index contributed by atoms with van der Waals surface area (Å²) in [5.74, 6) is -0.402. The number of hydrogen-bond donors (Lipinski definition) is 0. The number of imide groups is 1. The molecule has 1 saturated heterocycles. The fraction of sp³-hybridized carbons (Fsp3) is 0.235. The largest absolute Gasteiger partial charge is 0.308 e. The van der Waals surface area contributed by atoms with Crippen molar-refractivity contribution in [3.8, 4) is 0 Å². The summed E-state index contributed by atoms with van der Waals surface area (Å²) >= 11 is 1.36. The van der Waals surface area contributed by atoms with E-state index in [1.807, 2.05) is 24.3 Å². The van der Waals surface area contributed by atoms with Gasteiger partial charge in [-0.3, -0.25) is 19.3 Å². The monoisotopic (exact) mass is 326 g/mol. The van der Waals surface area contributed by atoms with E-state index in [4.69, 9.17) is 0 Å². The van der Waals surface area contributed by atoms with Gasteiger partial charge in [-0.15, -0.1) is 11.8 Å². The molecule has 116 valence electrons. The highest BCUT2D eigenvalue weighted by molar-refractivity contribution is 8.01. The Morgan fingerprint density at radius 3 is 2.83 bits per heavy atom. The number of rotatable bonds is 0. The van der Waals surface area contributed by atoms with Gasteiger partial charge >= 0.3 is 0 Å². The molecule has 0 N–H and O–H groups in total. The molecule has 1 spiro atoms. The molecule has 1 fully saturated rings. The Balaban J connectivity index is 1.98. The predicted molar refractivity (Wildman–Crippen MR) is 86.3 cm³/mol. The number of thioether (sulfide) groups is 1. The van der Waals surface area contributed by atoms with E-state index in [1.54, 1.807) is 29.3 Å². The number of fused-ring (bicyclic) bond motifs is 4. The first kappa shape index (κ1) is 14.3. The Hall–Kier alpha value is -2.34. The third kappa shape index (κ3) is 1.72. The smallest absolute Gasteiger partial charge is 0.262 e. The van der Waals surface area contributed by atoms with Crippen LogP contribution in [0.4, 0.5) is 0 Å². The first-order valence-electron chi connectivity index (χ1n) is 7.32. The zero-order valence-corrected chi connectivity index (χ0v) is 13.2. The Kier molecular flexibility index (Phi) is 2.99. The van der Waals surface area contributed by atoms with E-state index in [1.165, 1.54) is 23.6 Å². The second kappa shape index (κ2) is 4.83. The van der Waals surface area contributed by atoms with Crippen molar-refractivity contribution >= 4 is 29.5 Å². The summed E-state index contributed by atoms with van der Waals surface area (Å²) in [6.07, 6.45) is 7.25. The molecular formula is C17H14N2O3S. The highest BCUT2D eigenvalue weighted by atomic mass is 32.2. The molecule has 0 saturated carbocycles. The molecule has 0 bridgehead atoms. The molecule has 1 aromatic rings. The standard InChI is InChI=1S/C17H14N2O3S/c1-11(20)19-16(22)12-6-2-3-7-13(12)17(19)14-8-4-5-9-18(14)15(21)10-23-17/h2-9,14H,10H2,1H3. The van der Waals surface area contributed by atoms with Crippen molar-refractivity contribution in [2.45, 2.75) is 17.8 Å². The number of nitrogens with zero attached hydrogens (tertiary/aromatic N) is 2. The van der Waals surface area contributed by atoms with Crippen LogP contribution < -0.4 is 0 Å². The maximum atomic E-state index is 12.8. The van der Waals surface area contributed by atoms with Crippen LogP contribution in [0.5, 0.6) is 0 Å². The van der Waals surface area contributed by atoms with E-state index in [2.05, 4.69) is 0 Å². The molecule has 6 heteroatoms. The van der Waals surface area contributed by atoms with Crippen LogP contribution in [-0.4, -0.2) is 39.3 Å². The molecule has 1 aromatic carbocycles. The van der Waals surface area contributed by atoms with Crippen LogP contribution in [0.15, 0.2) is 48.7 Å². The number of allylic oxidation sites excluding steroid dienone is 2. The topological polar surface area (TPSA) is 57.7 Å². The Bertz CT molecular complexity index is 801. The minimum absolute atomic E-state index is 0.0217. The van der Waals surface area contributed by atoms with E-state index in [0.717, 1.165) is 5.56 Å². The van der Waals surface area contributed by atoms with Crippen molar-refractivity contribution in [2.75, 3.05) is 5.75 Å². The van der Waals surface area contributed by atoms with Gasteiger partial charge in [-0.1, -0.05) is 30.4 Å². The van der Waals surface area contributed by atoms with Gasteiger partial charge in [-0.25, -0.2) is 0 Å². The van der Waals surface area contributed by atoms with Crippen LogP contribution in [-0.2, 0) is 14.5 Å². The average Bonchev–Trinajstić information content (AvgIpc) is 2.82. The van der Waals surface area contributed by atoms with Gasteiger partial charge in [-0.2, -0.15) is 0 Å². The summed E-state index contributed by atoms with van der Waals surface area (Å²) in [6, 6.07) is 6.88. The van der Waals surface area contributed by atoms with Gasteiger partial charge < -0.3 is 4.90 Å². The minimum atomic E-state index is -0.894. The lowest BCUT2D eigenvalue weighted by molar-refractivity contribution is -0.135. The Morgan fingerprint density at radius 2 is 2.04 bits per heavy atom. The third-order valence-corrected chi connectivity index (χ3v) is 5.92. The summed E-state index contributed by atoms with van der Waals surface area (Å²) in [7, 11) is 0. The number of hydrogen-bond acceptors (Lipinski definition) is 4. The van der Waals surface area contributed by atoms with Crippen LogP contribution in [0.1, 0.15) is 22.8 Å². The van der Waals surface area contributed by atoms with Gasteiger partial charge in [0, 0.05) is 24.3 Å². The normalized spacial score (nSPS) is 28.3. The first-order valence-corrected chi connectivity index (χ1v) is 8.30. The van der Waals surface area contributed by atoms with Gasteiger partial charge in [0.1, 0.15) is 4.87 Å². The molecule has 3 aliphatic rings. The van der Waals surface area contributed by atoms with Gasteiger partial charge in [0.15, 0.2) is 0 Å². The second-order valence-electron chi connectivity index (χ2n) is 5.66. The average molecular weight is 326 g/mol. The molecule has 0 aromatic heterocycles. The molecule has 2 unspecified atom stereocenters. The van der Waals surface area contributed by atoms with Crippen molar-refractivity contribution in [3.05, 3.63) is 59.8 Å². The van der Waals surface area contributed by atoms with Crippen LogP contribution in [0.3, 0.4) is 0 Å². The zero-order chi connectivity index (χ0) is 16.2. The molecule has 0 radical (unpaired) electrons. The molecule has 3 amide bonds. The van der Waals surface area contributed by atoms with E-state index in [9.17, 15) is 14.4 Å². The van der Waals surface area contributed by atoms with E-state index >= 15 is 0 Å². The maximum absolute atomic E-state index is 12.8. The fourth-order valence-corrected chi connectivity index (χ4v) is 5.10. The molecule has 2 atom stereocenters. The number of carbonyl (C=O) groups excluding carboxylic acids is 3. The molecule has 5 nitrogen and oxygen atoms in total. The Labute approximate surface area is 137 Å².